The molecule has 0 fully saturated rings. The molecule has 1 amide bonds. The van der Waals surface area contributed by atoms with Crippen LogP contribution in [0.1, 0.15) is 6.92 Å². The smallest absolute Gasteiger partial charge is 0.222 e. The summed E-state index contributed by atoms with van der Waals surface area (Å²) >= 11 is 0. The fraction of sp³-hybridized carbons (Fsp3) is 0.176. The molecule has 0 bridgehead atoms. The lowest BCUT2D eigenvalue weighted by Gasteiger charge is -2.03. The molecular weight excluding hydrogens is 318 g/mol. The molecule has 8 heteroatoms. The highest BCUT2D eigenvalue weighted by Crippen LogP contribution is 2.31. The molecule has 25 heavy (non-hydrogen) atoms. The summed E-state index contributed by atoms with van der Waals surface area (Å²) in [4.78, 5) is 28.1. The largest absolute Gasteiger partial charge is 0.371 e. The molecule has 4 heterocycles. The van der Waals surface area contributed by atoms with E-state index in [4.69, 9.17) is 0 Å². The number of carbonyl (C=O) groups excluding carboxylic acids is 1. The van der Waals surface area contributed by atoms with Gasteiger partial charge in [0.15, 0.2) is 5.82 Å². The second-order valence-electron chi connectivity index (χ2n) is 5.80. The number of rotatable bonds is 3. The van der Waals surface area contributed by atoms with Crippen molar-refractivity contribution in [3.63, 3.8) is 0 Å². The number of amides is 1. The number of anilines is 2. The fourth-order valence-corrected chi connectivity index (χ4v) is 2.95. The first-order chi connectivity index (χ1) is 12.1. The van der Waals surface area contributed by atoms with Gasteiger partial charge in [0.25, 0.3) is 0 Å². The van der Waals surface area contributed by atoms with Crippen molar-refractivity contribution in [1.82, 2.24) is 24.5 Å². The van der Waals surface area contributed by atoms with E-state index in [1.165, 1.54) is 6.92 Å². The number of nitrogens with one attached hydrogen (secondary N) is 3. The quantitative estimate of drug-likeness (QED) is 0.534. The van der Waals surface area contributed by atoms with Crippen LogP contribution < -0.4 is 10.6 Å². The highest BCUT2D eigenvalue weighted by atomic mass is 16.1. The predicted molar refractivity (Wildman–Crippen MR) is 97.4 cm³/mol. The van der Waals surface area contributed by atoms with Crippen molar-refractivity contribution >= 4 is 39.6 Å². The maximum absolute atomic E-state index is 11.2. The zero-order valence-electron chi connectivity index (χ0n) is 14.1. The van der Waals surface area contributed by atoms with Gasteiger partial charge in [-0.15, -0.1) is 0 Å². The van der Waals surface area contributed by atoms with E-state index in [1.807, 2.05) is 36.9 Å². The van der Waals surface area contributed by atoms with E-state index in [9.17, 15) is 4.79 Å². The van der Waals surface area contributed by atoms with Gasteiger partial charge in [0.05, 0.1) is 23.2 Å². The van der Waals surface area contributed by atoms with E-state index in [2.05, 4.69) is 30.6 Å². The molecule has 0 atom stereocenters. The van der Waals surface area contributed by atoms with Crippen molar-refractivity contribution in [1.29, 1.82) is 0 Å². The summed E-state index contributed by atoms with van der Waals surface area (Å²) in [7, 11) is 3.78. The van der Waals surface area contributed by atoms with Crippen LogP contribution in [0.2, 0.25) is 0 Å². The first-order valence-electron chi connectivity index (χ1n) is 7.83. The zero-order chi connectivity index (χ0) is 17.6. The number of nitrogens with zero attached hydrogens (tertiary/aromatic N) is 4. The third kappa shape index (κ3) is 2.47. The number of fused-ring (bicyclic) bond motifs is 3. The molecule has 4 aromatic rings. The molecule has 3 N–H and O–H groups in total. The second kappa shape index (κ2) is 5.59. The summed E-state index contributed by atoms with van der Waals surface area (Å²) in [5, 5.41) is 6.75. The van der Waals surface area contributed by atoms with Gasteiger partial charge in [0, 0.05) is 26.4 Å². The minimum absolute atomic E-state index is 0.154. The third-order valence-electron chi connectivity index (χ3n) is 4.00. The zero-order valence-corrected chi connectivity index (χ0v) is 14.1. The van der Waals surface area contributed by atoms with Crippen LogP contribution in [0.4, 0.5) is 11.6 Å². The molecule has 0 spiro atoms. The van der Waals surface area contributed by atoms with E-state index in [0.717, 1.165) is 39.3 Å². The van der Waals surface area contributed by atoms with Crippen LogP contribution in [-0.4, -0.2) is 37.5 Å². The van der Waals surface area contributed by atoms with E-state index in [-0.39, 0.29) is 5.91 Å². The Bertz CT molecular complexity index is 1110. The predicted octanol–water partition coefficient (Wildman–Crippen LogP) is 2.51. The number of imidazole rings is 1. The average molecular weight is 335 g/mol. The molecule has 8 nitrogen and oxygen atoms in total. The number of pyridine rings is 2. The van der Waals surface area contributed by atoms with Gasteiger partial charge >= 0.3 is 0 Å². The van der Waals surface area contributed by atoms with Crippen LogP contribution in [-0.2, 0) is 11.8 Å². The van der Waals surface area contributed by atoms with Crippen molar-refractivity contribution in [3.8, 4) is 11.4 Å². The Morgan fingerprint density at radius 1 is 1.28 bits per heavy atom. The lowest BCUT2D eigenvalue weighted by Crippen LogP contribution is -2.07. The molecule has 0 saturated carbocycles. The molecule has 4 rings (SSSR count). The SMILES string of the molecule is CNc1nc2[nH]c(-c3cccc(NC(C)=O)n3)cc2c2c1ncn2C. The summed E-state index contributed by atoms with van der Waals surface area (Å²) in [6.45, 7) is 1.46. The number of H-pyrrole nitrogens is 1. The van der Waals surface area contributed by atoms with E-state index >= 15 is 0 Å². The van der Waals surface area contributed by atoms with Crippen molar-refractivity contribution in [3.05, 3.63) is 30.6 Å². The van der Waals surface area contributed by atoms with Crippen molar-refractivity contribution < 1.29 is 4.79 Å². The Morgan fingerprint density at radius 2 is 2.12 bits per heavy atom. The highest BCUT2D eigenvalue weighted by Gasteiger charge is 2.15. The normalized spacial score (nSPS) is 11.2. The van der Waals surface area contributed by atoms with Gasteiger partial charge in [-0.1, -0.05) is 6.07 Å². The molecular formula is C17H17N7O. The van der Waals surface area contributed by atoms with Gasteiger partial charge in [-0.3, -0.25) is 4.79 Å². The van der Waals surface area contributed by atoms with Crippen LogP contribution >= 0.6 is 0 Å². The van der Waals surface area contributed by atoms with E-state index in [1.54, 1.807) is 12.4 Å². The number of hydrogen-bond donors (Lipinski definition) is 3. The van der Waals surface area contributed by atoms with Crippen LogP contribution in [0, 0.1) is 0 Å². The first kappa shape index (κ1) is 15.1. The summed E-state index contributed by atoms with van der Waals surface area (Å²) in [5.41, 5.74) is 4.12. The molecule has 0 saturated heterocycles. The third-order valence-corrected chi connectivity index (χ3v) is 4.00. The topological polar surface area (TPSA) is 101 Å². The molecule has 4 aromatic heterocycles. The van der Waals surface area contributed by atoms with Gasteiger partial charge in [0.1, 0.15) is 17.0 Å². The number of aromatic amines is 1. The Morgan fingerprint density at radius 3 is 2.88 bits per heavy atom. The minimum Gasteiger partial charge on any atom is -0.371 e. The Hall–Kier alpha value is -3.42. The minimum atomic E-state index is -0.154. The summed E-state index contributed by atoms with van der Waals surface area (Å²) in [5.74, 6) is 1.08. The van der Waals surface area contributed by atoms with Crippen molar-refractivity contribution in [2.45, 2.75) is 6.92 Å². The van der Waals surface area contributed by atoms with Crippen LogP contribution in [0.3, 0.4) is 0 Å². The van der Waals surface area contributed by atoms with Crippen LogP contribution in [0.15, 0.2) is 30.6 Å². The van der Waals surface area contributed by atoms with Crippen LogP contribution in [0.25, 0.3) is 33.5 Å². The van der Waals surface area contributed by atoms with Crippen LogP contribution in [0.5, 0.6) is 0 Å². The number of hydrogen-bond acceptors (Lipinski definition) is 5. The maximum atomic E-state index is 11.2. The molecule has 0 aromatic carbocycles. The molecule has 0 aliphatic heterocycles. The Kier molecular flexibility index (Phi) is 3.38. The van der Waals surface area contributed by atoms with E-state index < -0.39 is 0 Å². The number of aromatic nitrogens is 5. The number of aryl methyl sites for hydroxylation is 1. The number of carbonyl (C=O) groups is 1. The Balaban J connectivity index is 1.91. The van der Waals surface area contributed by atoms with Gasteiger partial charge in [0.2, 0.25) is 5.91 Å². The molecule has 126 valence electrons. The highest BCUT2D eigenvalue weighted by molar-refractivity contribution is 6.07. The van der Waals surface area contributed by atoms with Gasteiger partial charge in [-0.2, -0.15) is 0 Å². The lowest BCUT2D eigenvalue weighted by molar-refractivity contribution is -0.114. The standard InChI is InChI=1S/C17H17N7O/c1-9(25)20-13-6-4-5-11(21-13)12-7-10-15-14(19-8-24(15)3)17(18-2)23-16(10)22-12/h4-8H,1-3H3,(H2,18,22,23)(H,20,21,25). The average Bonchev–Trinajstić information content (AvgIpc) is 3.17. The first-order valence-corrected chi connectivity index (χ1v) is 7.83. The Labute approximate surface area is 143 Å². The fourth-order valence-electron chi connectivity index (χ4n) is 2.95. The lowest BCUT2D eigenvalue weighted by atomic mass is 10.2. The molecule has 0 unspecified atom stereocenters. The summed E-state index contributed by atoms with van der Waals surface area (Å²) < 4.78 is 1.97. The van der Waals surface area contributed by atoms with Gasteiger partial charge < -0.3 is 20.2 Å². The van der Waals surface area contributed by atoms with Crippen molar-refractivity contribution in [2.24, 2.45) is 7.05 Å². The maximum Gasteiger partial charge on any atom is 0.222 e. The second-order valence-corrected chi connectivity index (χ2v) is 5.80. The molecule has 0 aliphatic rings. The van der Waals surface area contributed by atoms with Crippen molar-refractivity contribution in [2.75, 3.05) is 17.7 Å². The molecule has 0 radical (unpaired) electrons. The van der Waals surface area contributed by atoms with Gasteiger partial charge in [-0.05, 0) is 18.2 Å². The monoisotopic (exact) mass is 335 g/mol. The van der Waals surface area contributed by atoms with E-state index in [0.29, 0.717) is 5.82 Å². The van der Waals surface area contributed by atoms with Gasteiger partial charge in [-0.25, -0.2) is 15.0 Å². The summed E-state index contributed by atoms with van der Waals surface area (Å²) in [6.07, 6.45) is 1.77. The molecule has 0 aliphatic carbocycles. The summed E-state index contributed by atoms with van der Waals surface area (Å²) in [6, 6.07) is 7.50.